The molecule has 32 heavy (non-hydrogen) atoms. The Morgan fingerprint density at radius 2 is 1.47 bits per heavy atom. The van der Waals surface area contributed by atoms with Crippen LogP contribution in [0.1, 0.15) is 113 Å². The Labute approximate surface area is 197 Å². The summed E-state index contributed by atoms with van der Waals surface area (Å²) in [5.74, 6) is 0.196. The number of aromatic nitrogens is 1. The minimum atomic E-state index is 0.196. The average Bonchev–Trinajstić information content (AvgIpc) is 3.49. The van der Waals surface area contributed by atoms with Crippen LogP contribution in [0.25, 0.3) is 6.08 Å². The number of rotatable bonds is 4. The molecule has 1 saturated heterocycles. The van der Waals surface area contributed by atoms with E-state index in [0.29, 0.717) is 18.1 Å². The molecule has 2 heterocycles. The Morgan fingerprint density at radius 1 is 0.875 bits per heavy atom. The molecule has 3 saturated carbocycles. The van der Waals surface area contributed by atoms with E-state index in [1.165, 1.54) is 94.0 Å². The number of amides is 1. The van der Waals surface area contributed by atoms with Gasteiger partial charge in [-0.2, -0.15) is 0 Å². The van der Waals surface area contributed by atoms with Crippen LogP contribution in [0.3, 0.4) is 0 Å². The van der Waals surface area contributed by atoms with Gasteiger partial charge in [-0.25, -0.2) is 0 Å². The largest absolute Gasteiger partial charge is 0.346 e. The zero-order valence-corrected chi connectivity index (χ0v) is 20.8. The van der Waals surface area contributed by atoms with Crippen LogP contribution < -0.4 is 0 Å². The van der Waals surface area contributed by atoms with E-state index in [4.69, 9.17) is 4.99 Å². The molecule has 0 atom stereocenters. The van der Waals surface area contributed by atoms with Gasteiger partial charge in [0.1, 0.15) is 0 Å². The maximum atomic E-state index is 13.7. The van der Waals surface area contributed by atoms with Crippen LogP contribution in [0.5, 0.6) is 0 Å². The predicted octanol–water partition coefficient (Wildman–Crippen LogP) is 7.16. The molecule has 0 radical (unpaired) electrons. The van der Waals surface area contributed by atoms with Gasteiger partial charge in [-0.05, 0) is 81.8 Å². The number of aryl methyl sites for hydroxylation is 1. The van der Waals surface area contributed by atoms with E-state index in [9.17, 15) is 4.79 Å². The molecule has 1 aromatic heterocycles. The quantitative estimate of drug-likeness (QED) is 0.454. The lowest BCUT2D eigenvalue weighted by Gasteiger charge is -2.31. The van der Waals surface area contributed by atoms with Crippen molar-refractivity contribution in [3.63, 3.8) is 0 Å². The molecule has 1 amide bonds. The molecule has 4 fully saturated rings. The van der Waals surface area contributed by atoms with Crippen LogP contribution in [-0.4, -0.2) is 32.6 Å². The first kappa shape index (κ1) is 22.3. The van der Waals surface area contributed by atoms with Gasteiger partial charge >= 0.3 is 0 Å². The van der Waals surface area contributed by atoms with Crippen LogP contribution in [0.2, 0.25) is 0 Å². The Kier molecular flexibility index (Phi) is 6.82. The summed E-state index contributed by atoms with van der Waals surface area (Å²) in [6.07, 6.45) is 19.7. The van der Waals surface area contributed by atoms with Gasteiger partial charge in [-0.3, -0.25) is 14.7 Å². The molecule has 4 nitrogen and oxygen atoms in total. The average molecular weight is 454 g/mol. The minimum Gasteiger partial charge on any atom is -0.346 e. The predicted molar refractivity (Wildman–Crippen MR) is 135 cm³/mol. The van der Waals surface area contributed by atoms with Gasteiger partial charge in [-0.15, -0.1) is 0 Å². The topological polar surface area (TPSA) is 37.6 Å². The van der Waals surface area contributed by atoms with Crippen molar-refractivity contribution in [2.75, 3.05) is 0 Å². The minimum absolute atomic E-state index is 0.196. The summed E-state index contributed by atoms with van der Waals surface area (Å²) in [6.45, 7) is 4.46. The van der Waals surface area contributed by atoms with Gasteiger partial charge in [-0.1, -0.05) is 51.4 Å². The van der Waals surface area contributed by atoms with Gasteiger partial charge in [0.2, 0.25) is 0 Å². The summed E-state index contributed by atoms with van der Waals surface area (Å²) in [5.41, 5.74) is 3.86. The lowest BCUT2D eigenvalue weighted by atomic mass is 9.94. The highest BCUT2D eigenvalue weighted by Crippen LogP contribution is 2.40. The second-order valence-electron chi connectivity index (χ2n) is 10.4. The number of amidine groups is 1. The van der Waals surface area contributed by atoms with Crippen LogP contribution >= 0.6 is 11.8 Å². The lowest BCUT2D eigenvalue weighted by molar-refractivity contribution is -0.124. The first-order chi connectivity index (χ1) is 15.6. The molecular weight excluding hydrogens is 414 g/mol. The number of aliphatic imine (C=N–C) groups is 1. The maximum absolute atomic E-state index is 13.7. The fraction of sp³-hybridized carbons (Fsp3) is 0.704. The third kappa shape index (κ3) is 4.47. The third-order valence-corrected chi connectivity index (χ3v) is 9.14. The summed E-state index contributed by atoms with van der Waals surface area (Å²) < 4.78 is 2.53. The molecule has 0 N–H and O–H groups in total. The smallest absolute Gasteiger partial charge is 0.267 e. The Morgan fingerprint density at radius 3 is 2.16 bits per heavy atom. The molecule has 1 aliphatic heterocycles. The number of thioether (sulfide) groups is 1. The van der Waals surface area contributed by atoms with E-state index >= 15 is 0 Å². The van der Waals surface area contributed by atoms with Crippen molar-refractivity contribution in [2.45, 2.75) is 122 Å². The van der Waals surface area contributed by atoms with E-state index in [0.717, 1.165) is 22.9 Å². The fourth-order valence-electron chi connectivity index (χ4n) is 6.42. The first-order valence-corrected chi connectivity index (χ1v) is 13.9. The first-order valence-electron chi connectivity index (χ1n) is 13.1. The molecule has 0 aromatic carbocycles. The Hall–Kier alpha value is -1.49. The molecule has 3 aliphatic carbocycles. The van der Waals surface area contributed by atoms with Gasteiger partial charge in [0.25, 0.3) is 5.91 Å². The zero-order valence-electron chi connectivity index (χ0n) is 19.9. The normalized spacial score (nSPS) is 26.8. The lowest BCUT2D eigenvalue weighted by Crippen LogP contribution is -2.41. The van der Waals surface area contributed by atoms with E-state index in [2.05, 4.69) is 35.5 Å². The number of carbonyl (C=O) groups excluding carboxylic acids is 1. The highest BCUT2D eigenvalue weighted by Gasteiger charge is 2.39. The van der Waals surface area contributed by atoms with Crippen molar-refractivity contribution in [1.82, 2.24) is 9.47 Å². The SMILES string of the molecule is Cc1cc(/C=C2\SC(=NC3CCCCC3)N(C3CCCCC3)C2=O)c(C)n1C1CCCC1. The summed E-state index contributed by atoms with van der Waals surface area (Å²) in [4.78, 5) is 21.8. The van der Waals surface area contributed by atoms with Crippen LogP contribution in [0.15, 0.2) is 16.0 Å². The van der Waals surface area contributed by atoms with Gasteiger partial charge in [0.05, 0.1) is 10.9 Å². The van der Waals surface area contributed by atoms with Crippen molar-refractivity contribution in [3.8, 4) is 0 Å². The van der Waals surface area contributed by atoms with Gasteiger partial charge in [0, 0.05) is 23.5 Å². The molecule has 4 aliphatic rings. The monoisotopic (exact) mass is 453 g/mol. The second-order valence-corrected chi connectivity index (χ2v) is 11.4. The van der Waals surface area contributed by atoms with Crippen LogP contribution in [0, 0.1) is 13.8 Å². The van der Waals surface area contributed by atoms with Crippen LogP contribution in [-0.2, 0) is 4.79 Å². The van der Waals surface area contributed by atoms with Gasteiger partial charge in [0.15, 0.2) is 5.17 Å². The number of hydrogen-bond donors (Lipinski definition) is 0. The second kappa shape index (κ2) is 9.79. The molecular formula is C27H39N3OS. The Bertz CT molecular complexity index is 896. The van der Waals surface area contributed by atoms with E-state index < -0.39 is 0 Å². The summed E-state index contributed by atoms with van der Waals surface area (Å²) in [6, 6.07) is 3.66. The molecule has 0 spiro atoms. The van der Waals surface area contributed by atoms with Crippen molar-refractivity contribution in [1.29, 1.82) is 0 Å². The van der Waals surface area contributed by atoms with Crippen molar-refractivity contribution >= 4 is 28.9 Å². The zero-order chi connectivity index (χ0) is 22.1. The standard InChI is InChI=1S/C27H39N3OS/c1-19-17-21(20(2)29(19)23-15-9-10-16-23)18-25-26(31)30(24-13-7-4-8-14-24)27(32-25)28-22-11-5-3-6-12-22/h17-18,22-24H,3-16H2,1-2H3/b25-18-,28-27?. The van der Waals surface area contributed by atoms with Gasteiger partial charge < -0.3 is 4.57 Å². The molecule has 5 heteroatoms. The van der Waals surface area contributed by atoms with Crippen LogP contribution in [0.4, 0.5) is 0 Å². The Balaban J connectivity index is 1.45. The highest BCUT2D eigenvalue weighted by molar-refractivity contribution is 8.18. The summed E-state index contributed by atoms with van der Waals surface area (Å²) in [5, 5.41) is 0.990. The summed E-state index contributed by atoms with van der Waals surface area (Å²) >= 11 is 1.64. The van der Waals surface area contributed by atoms with Crippen molar-refractivity contribution in [3.05, 3.63) is 27.9 Å². The maximum Gasteiger partial charge on any atom is 0.267 e. The van der Waals surface area contributed by atoms with Crippen molar-refractivity contribution < 1.29 is 4.79 Å². The molecule has 1 aromatic rings. The number of hydrogen-bond acceptors (Lipinski definition) is 3. The highest BCUT2D eigenvalue weighted by atomic mass is 32.2. The molecule has 0 bridgehead atoms. The van der Waals surface area contributed by atoms with E-state index in [1.54, 1.807) is 11.8 Å². The van der Waals surface area contributed by atoms with Crippen molar-refractivity contribution in [2.24, 2.45) is 4.99 Å². The number of carbonyl (C=O) groups is 1. The van der Waals surface area contributed by atoms with E-state index in [1.807, 2.05) is 0 Å². The summed E-state index contributed by atoms with van der Waals surface area (Å²) in [7, 11) is 0. The molecule has 0 unspecified atom stereocenters. The van der Waals surface area contributed by atoms with E-state index in [-0.39, 0.29) is 5.91 Å². The fourth-order valence-corrected chi connectivity index (χ4v) is 7.52. The third-order valence-electron chi connectivity index (χ3n) is 8.14. The molecule has 174 valence electrons. The molecule has 5 rings (SSSR count). The number of nitrogens with zero attached hydrogens (tertiary/aromatic N) is 3.